The maximum absolute atomic E-state index is 13.3. The van der Waals surface area contributed by atoms with Crippen molar-refractivity contribution >= 4 is 27.7 Å². The number of nitrogens with one attached hydrogen (secondary N) is 2. The SMILES string of the molecule is COc1ccc(CNC(=O)c2cc(C(=O)NCc3ccc(F)c(Br)c3)ncn2)cn1. The number of hydrogen-bond donors (Lipinski definition) is 2. The van der Waals surface area contributed by atoms with E-state index in [-0.39, 0.29) is 30.3 Å². The van der Waals surface area contributed by atoms with Gasteiger partial charge in [-0.05, 0) is 39.2 Å². The summed E-state index contributed by atoms with van der Waals surface area (Å²) in [7, 11) is 1.52. The minimum Gasteiger partial charge on any atom is -0.481 e. The molecule has 0 unspecified atom stereocenters. The van der Waals surface area contributed by atoms with Crippen LogP contribution in [0.2, 0.25) is 0 Å². The highest BCUT2D eigenvalue weighted by atomic mass is 79.9. The van der Waals surface area contributed by atoms with Gasteiger partial charge in [0, 0.05) is 31.4 Å². The molecule has 30 heavy (non-hydrogen) atoms. The molecule has 0 bridgehead atoms. The number of methoxy groups -OCH3 is 1. The quantitative estimate of drug-likeness (QED) is 0.546. The molecule has 0 saturated heterocycles. The first-order chi connectivity index (χ1) is 14.5. The van der Waals surface area contributed by atoms with Crippen molar-refractivity contribution in [1.29, 1.82) is 0 Å². The highest BCUT2D eigenvalue weighted by Gasteiger charge is 2.13. The van der Waals surface area contributed by atoms with Gasteiger partial charge in [-0.1, -0.05) is 12.1 Å². The Morgan fingerprint density at radius 3 is 2.17 bits per heavy atom. The number of benzene rings is 1. The Morgan fingerprint density at radius 2 is 1.60 bits per heavy atom. The van der Waals surface area contributed by atoms with Crippen LogP contribution in [-0.4, -0.2) is 33.9 Å². The van der Waals surface area contributed by atoms with E-state index in [1.807, 2.05) is 0 Å². The number of rotatable bonds is 7. The predicted molar refractivity (Wildman–Crippen MR) is 109 cm³/mol. The van der Waals surface area contributed by atoms with Crippen LogP contribution < -0.4 is 15.4 Å². The zero-order valence-corrected chi connectivity index (χ0v) is 17.4. The number of ether oxygens (including phenoxy) is 1. The Morgan fingerprint density at radius 1 is 0.967 bits per heavy atom. The summed E-state index contributed by atoms with van der Waals surface area (Å²) in [5.41, 5.74) is 1.59. The third-order valence-electron chi connectivity index (χ3n) is 4.03. The van der Waals surface area contributed by atoms with Gasteiger partial charge in [-0.25, -0.2) is 19.3 Å². The second-order valence-electron chi connectivity index (χ2n) is 6.11. The molecule has 0 aliphatic carbocycles. The molecule has 2 aromatic heterocycles. The van der Waals surface area contributed by atoms with E-state index in [2.05, 4.69) is 41.5 Å². The maximum atomic E-state index is 13.3. The highest BCUT2D eigenvalue weighted by Crippen LogP contribution is 2.16. The van der Waals surface area contributed by atoms with Gasteiger partial charge in [-0.15, -0.1) is 0 Å². The Labute approximate surface area is 180 Å². The van der Waals surface area contributed by atoms with Crippen molar-refractivity contribution in [3.05, 3.63) is 81.7 Å². The van der Waals surface area contributed by atoms with Crippen LogP contribution in [-0.2, 0) is 13.1 Å². The summed E-state index contributed by atoms with van der Waals surface area (Å²) >= 11 is 3.10. The first kappa shape index (κ1) is 21.3. The van der Waals surface area contributed by atoms with E-state index in [0.717, 1.165) is 11.9 Å². The topological polar surface area (TPSA) is 106 Å². The van der Waals surface area contributed by atoms with Crippen LogP contribution in [0.15, 0.2) is 53.4 Å². The number of amides is 2. The van der Waals surface area contributed by atoms with E-state index < -0.39 is 11.8 Å². The summed E-state index contributed by atoms with van der Waals surface area (Å²) in [5.74, 6) is -0.845. The van der Waals surface area contributed by atoms with E-state index >= 15 is 0 Å². The minimum atomic E-state index is -0.480. The van der Waals surface area contributed by atoms with Crippen molar-refractivity contribution in [2.45, 2.75) is 13.1 Å². The second-order valence-corrected chi connectivity index (χ2v) is 6.97. The second kappa shape index (κ2) is 9.88. The van der Waals surface area contributed by atoms with Crippen molar-refractivity contribution < 1.29 is 18.7 Å². The van der Waals surface area contributed by atoms with Gasteiger partial charge in [-0.3, -0.25) is 9.59 Å². The van der Waals surface area contributed by atoms with Crippen LogP contribution in [0.5, 0.6) is 5.88 Å². The molecule has 10 heteroatoms. The smallest absolute Gasteiger partial charge is 0.270 e. The monoisotopic (exact) mass is 473 g/mol. The van der Waals surface area contributed by atoms with Crippen LogP contribution in [0.4, 0.5) is 4.39 Å². The lowest BCUT2D eigenvalue weighted by atomic mass is 10.2. The molecule has 0 fully saturated rings. The first-order valence-corrected chi connectivity index (χ1v) is 9.57. The average Bonchev–Trinajstić information content (AvgIpc) is 2.78. The molecule has 2 N–H and O–H groups in total. The molecule has 154 valence electrons. The van der Waals surface area contributed by atoms with Gasteiger partial charge in [0.05, 0.1) is 11.6 Å². The number of nitrogens with zero attached hydrogens (tertiary/aromatic N) is 3. The Kier molecular flexibility index (Phi) is 7.02. The van der Waals surface area contributed by atoms with Crippen LogP contribution in [0, 0.1) is 5.82 Å². The summed E-state index contributed by atoms with van der Waals surface area (Å²) in [6, 6.07) is 9.21. The zero-order chi connectivity index (χ0) is 21.5. The Bertz CT molecular complexity index is 1060. The van der Waals surface area contributed by atoms with Gasteiger partial charge in [0.25, 0.3) is 11.8 Å². The van der Waals surface area contributed by atoms with Crippen LogP contribution in [0.25, 0.3) is 0 Å². The lowest BCUT2D eigenvalue weighted by Crippen LogP contribution is -2.27. The molecule has 3 rings (SSSR count). The first-order valence-electron chi connectivity index (χ1n) is 8.77. The Balaban J connectivity index is 1.58. The number of carbonyl (C=O) groups is 2. The van der Waals surface area contributed by atoms with Gasteiger partial charge < -0.3 is 15.4 Å². The molecular formula is C20H17BrFN5O3. The van der Waals surface area contributed by atoms with E-state index in [1.165, 1.54) is 19.2 Å². The minimum absolute atomic E-state index is 0.0439. The van der Waals surface area contributed by atoms with Crippen LogP contribution in [0.1, 0.15) is 32.1 Å². The van der Waals surface area contributed by atoms with Crippen LogP contribution in [0.3, 0.4) is 0 Å². The fraction of sp³-hybridized carbons (Fsp3) is 0.150. The third-order valence-corrected chi connectivity index (χ3v) is 4.64. The number of halogens is 2. The number of aromatic nitrogens is 3. The van der Waals surface area contributed by atoms with E-state index in [4.69, 9.17) is 4.74 Å². The maximum Gasteiger partial charge on any atom is 0.270 e. The van der Waals surface area contributed by atoms with Gasteiger partial charge >= 0.3 is 0 Å². The highest BCUT2D eigenvalue weighted by molar-refractivity contribution is 9.10. The van der Waals surface area contributed by atoms with Gasteiger partial charge in [0.15, 0.2) is 0 Å². The van der Waals surface area contributed by atoms with Gasteiger partial charge in [0.1, 0.15) is 23.5 Å². The van der Waals surface area contributed by atoms with Gasteiger partial charge in [-0.2, -0.15) is 0 Å². The van der Waals surface area contributed by atoms with Crippen molar-refractivity contribution in [2.75, 3.05) is 7.11 Å². The van der Waals surface area contributed by atoms with E-state index in [9.17, 15) is 14.0 Å². The molecule has 0 radical (unpaired) electrons. The van der Waals surface area contributed by atoms with E-state index in [0.29, 0.717) is 15.9 Å². The van der Waals surface area contributed by atoms with Crippen molar-refractivity contribution in [1.82, 2.24) is 25.6 Å². The average molecular weight is 474 g/mol. The number of pyridine rings is 1. The molecule has 2 heterocycles. The molecule has 0 saturated carbocycles. The normalized spacial score (nSPS) is 10.4. The summed E-state index contributed by atoms with van der Waals surface area (Å²) in [4.78, 5) is 36.6. The Hall–Kier alpha value is -3.40. The molecule has 0 aliphatic heterocycles. The molecule has 3 aromatic rings. The fourth-order valence-corrected chi connectivity index (χ4v) is 2.86. The summed E-state index contributed by atoms with van der Waals surface area (Å²) in [6.45, 7) is 0.411. The molecule has 0 atom stereocenters. The summed E-state index contributed by atoms with van der Waals surface area (Å²) < 4.78 is 18.6. The van der Waals surface area contributed by atoms with Crippen molar-refractivity contribution in [3.63, 3.8) is 0 Å². The van der Waals surface area contributed by atoms with Gasteiger partial charge in [0.2, 0.25) is 5.88 Å². The molecule has 2 amide bonds. The largest absolute Gasteiger partial charge is 0.481 e. The summed E-state index contributed by atoms with van der Waals surface area (Å²) in [5, 5.41) is 5.38. The molecular weight excluding hydrogens is 457 g/mol. The lowest BCUT2D eigenvalue weighted by molar-refractivity contribution is 0.0944. The molecule has 0 spiro atoms. The lowest BCUT2D eigenvalue weighted by Gasteiger charge is -2.08. The standard InChI is InChI=1S/C20H17BrFN5O3/c1-30-18-5-3-13(9-23-18)10-25-20(29)17-7-16(26-11-27-17)19(28)24-8-12-2-4-15(22)14(21)6-12/h2-7,9,11H,8,10H2,1H3,(H,24,28)(H,25,29). The molecule has 1 aromatic carbocycles. The third kappa shape index (κ3) is 5.57. The summed E-state index contributed by atoms with van der Waals surface area (Å²) in [6.07, 6.45) is 2.74. The molecule has 8 nitrogen and oxygen atoms in total. The number of carbonyl (C=O) groups excluding carboxylic acids is 2. The molecule has 0 aliphatic rings. The van der Waals surface area contributed by atoms with Crippen molar-refractivity contribution in [2.24, 2.45) is 0 Å². The predicted octanol–water partition coefficient (Wildman–Crippen LogP) is 2.64. The number of hydrogen-bond acceptors (Lipinski definition) is 6. The van der Waals surface area contributed by atoms with E-state index in [1.54, 1.807) is 30.5 Å². The zero-order valence-electron chi connectivity index (χ0n) is 15.9. The van der Waals surface area contributed by atoms with Crippen molar-refractivity contribution in [3.8, 4) is 5.88 Å². The van der Waals surface area contributed by atoms with Crippen LogP contribution >= 0.6 is 15.9 Å². The fourth-order valence-electron chi connectivity index (χ4n) is 2.44.